The van der Waals surface area contributed by atoms with Crippen LogP contribution in [-0.2, 0) is 4.74 Å². The third-order valence-electron chi connectivity index (χ3n) is 2.67. The summed E-state index contributed by atoms with van der Waals surface area (Å²) >= 11 is 0. The molecule has 0 N–H and O–H groups in total. The Labute approximate surface area is 99.4 Å². The van der Waals surface area contributed by atoms with E-state index in [0.717, 1.165) is 0 Å². The molecule has 1 saturated heterocycles. The smallest absolute Gasteiger partial charge is 0.255 e. The van der Waals surface area contributed by atoms with E-state index in [1.54, 1.807) is 17.0 Å². The largest absolute Gasteiger partial charge is 0.378 e. The van der Waals surface area contributed by atoms with Gasteiger partial charge in [0.05, 0.1) is 18.8 Å². The lowest BCUT2D eigenvalue weighted by atomic mass is 10.2. The van der Waals surface area contributed by atoms with Gasteiger partial charge in [0.1, 0.15) is 5.69 Å². The molecule has 1 amide bonds. The minimum atomic E-state index is -0.102. The first-order chi connectivity index (χ1) is 8.18. The molecule has 0 radical (unpaired) electrons. The number of Topliss-reactive ketones (excluding diaryl/α,β-unsaturated/α-hetero) is 1. The van der Waals surface area contributed by atoms with Crippen LogP contribution < -0.4 is 0 Å². The molecule has 1 fully saturated rings. The van der Waals surface area contributed by atoms with Gasteiger partial charge in [0.15, 0.2) is 5.78 Å². The van der Waals surface area contributed by atoms with Crippen LogP contribution in [0, 0.1) is 0 Å². The molecule has 0 bridgehead atoms. The van der Waals surface area contributed by atoms with Crippen LogP contribution in [0.25, 0.3) is 0 Å². The summed E-state index contributed by atoms with van der Waals surface area (Å²) in [7, 11) is 0. The second-order valence-electron chi connectivity index (χ2n) is 3.89. The van der Waals surface area contributed by atoms with Gasteiger partial charge in [-0.2, -0.15) is 0 Å². The maximum absolute atomic E-state index is 12.0. The van der Waals surface area contributed by atoms with E-state index in [4.69, 9.17) is 4.74 Å². The topological polar surface area (TPSA) is 59.5 Å². The van der Waals surface area contributed by atoms with Gasteiger partial charge >= 0.3 is 0 Å². The lowest BCUT2D eigenvalue weighted by Gasteiger charge is -2.26. The Hall–Kier alpha value is -1.75. The van der Waals surface area contributed by atoms with E-state index in [1.807, 2.05) is 0 Å². The van der Waals surface area contributed by atoms with E-state index in [2.05, 4.69) is 4.98 Å². The van der Waals surface area contributed by atoms with Crippen LogP contribution in [0.3, 0.4) is 0 Å². The summed E-state index contributed by atoms with van der Waals surface area (Å²) in [6, 6.07) is 3.22. The number of amides is 1. The third kappa shape index (κ3) is 2.68. The molecule has 2 rings (SSSR count). The van der Waals surface area contributed by atoms with E-state index in [9.17, 15) is 9.59 Å². The van der Waals surface area contributed by atoms with Crippen molar-refractivity contribution in [1.82, 2.24) is 9.88 Å². The van der Waals surface area contributed by atoms with Gasteiger partial charge in [0.2, 0.25) is 0 Å². The lowest BCUT2D eigenvalue weighted by molar-refractivity contribution is 0.0302. The highest BCUT2D eigenvalue weighted by Gasteiger charge is 2.18. The molecule has 0 aliphatic carbocycles. The van der Waals surface area contributed by atoms with Crippen LogP contribution in [0.1, 0.15) is 27.8 Å². The van der Waals surface area contributed by atoms with Crippen molar-refractivity contribution in [2.45, 2.75) is 6.92 Å². The van der Waals surface area contributed by atoms with Gasteiger partial charge in [-0.25, -0.2) is 0 Å². The first kappa shape index (κ1) is 11.7. The first-order valence-electron chi connectivity index (χ1n) is 5.52. The van der Waals surface area contributed by atoms with Crippen molar-refractivity contribution in [2.24, 2.45) is 0 Å². The van der Waals surface area contributed by atoms with Gasteiger partial charge in [0, 0.05) is 26.2 Å². The van der Waals surface area contributed by atoms with Crippen LogP contribution in [0.5, 0.6) is 0 Å². The summed E-state index contributed by atoms with van der Waals surface area (Å²) in [5, 5.41) is 0. The number of morpholine rings is 1. The molecule has 1 aliphatic heterocycles. The number of pyridine rings is 1. The first-order valence-corrected chi connectivity index (χ1v) is 5.52. The van der Waals surface area contributed by atoms with Crippen molar-refractivity contribution < 1.29 is 14.3 Å². The van der Waals surface area contributed by atoms with Gasteiger partial charge in [-0.1, -0.05) is 0 Å². The molecule has 0 saturated carbocycles. The van der Waals surface area contributed by atoms with E-state index >= 15 is 0 Å². The summed E-state index contributed by atoms with van der Waals surface area (Å²) in [5.41, 5.74) is 0.889. The number of carbonyl (C=O) groups is 2. The molecule has 1 aromatic rings. The summed E-state index contributed by atoms with van der Waals surface area (Å²) in [6.07, 6.45) is 1.45. The average Bonchev–Trinajstić information content (AvgIpc) is 2.39. The molecular formula is C12H14N2O3. The number of carbonyl (C=O) groups excluding carboxylic acids is 2. The molecule has 5 nitrogen and oxygen atoms in total. The maximum Gasteiger partial charge on any atom is 0.255 e. The molecule has 1 aromatic heterocycles. The monoisotopic (exact) mass is 234 g/mol. The fraction of sp³-hybridized carbons (Fsp3) is 0.417. The quantitative estimate of drug-likeness (QED) is 0.709. The van der Waals surface area contributed by atoms with Gasteiger partial charge < -0.3 is 9.64 Å². The fourth-order valence-corrected chi connectivity index (χ4v) is 1.68. The van der Waals surface area contributed by atoms with Gasteiger partial charge in [-0.3, -0.25) is 14.6 Å². The van der Waals surface area contributed by atoms with Gasteiger partial charge in [-0.05, 0) is 12.1 Å². The van der Waals surface area contributed by atoms with Crippen molar-refractivity contribution >= 4 is 11.7 Å². The maximum atomic E-state index is 12.0. The van der Waals surface area contributed by atoms with Crippen LogP contribution >= 0.6 is 0 Å². The fourth-order valence-electron chi connectivity index (χ4n) is 1.68. The average molecular weight is 234 g/mol. The van der Waals surface area contributed by atoms with Gasteiger partial charge in [-0.15, -0.1) is 0 Å². The van der Waals surface area contributed by atoms with Crippen molar-refractivity contribution in [3.05, 3.63) is 29.6 Å². The Morgan fingerprint density at radius 1 is 1.29 bits per heavy atom. The lowest BCUT2D eigenvalue weighted by Crippen LogP contribution is -2.40. The molecule has 0 spiro atoms. The number of aromatic nitrogens is 1. The molecule has 0 unspecified atom stereocenters. The van der Waals surface area contributed by atoms with Gasteiger partial charge in [0.25, 0.3) is 5.91 Å². The molecule has 5 heteroatoms. The highest BCUT2D eigenvalue weighted by atomic mass is 16.5. The van der Waals surface area contributed by atoms with E-state index in [-0.39, 0.29) is 11.7 Å². The zero-order chi connectivity index (χ0) is 12.3. The van der Waals surface area contributed by atoms with E-state index in [1.165, 1.54) is 13.1 Å². The highest BCUT2D eigenvalue weighted by molar-refractivity contribution is 5.96. The van der Waals surface area contributed by atoms with Crippen LogP contribution in [0.4, 0.5) is 0 Å². The number of ether oxygens (including phenoxy) is 1. The normalized spacial score (nSPS) is 15.7. The molecular weight excluding hydrogens is 220 g/mol. The number of ketones is 1. The van der Waals surface area contributed by atoms with Crippen molar-refractivity contribution in [3.63, 3.8) is 0 Å². The predicted octanol–water partition coefficient (Wildman–Crippen LogP) is 0.757. The molecule has 0 aromatic carbocycles. The number of nitrogens with zero attached hydrogens (tertiary/aromatic N) is 2. The van der Waals surface area contributed by atoms with Crippen molar-refractivity contribution in [2.75, 3.05) is 26.3 Å². The van der Waals surface area contributed by atoms with E-state index in [0.29, 0.717) is 37.6 Å². The Bertz CT molecular complexity index is 422. The summed E-state index contributed by atoms with van der Waals surface area (Å²) in [5.74, 6) is -0.161. The molecule has 0 atom stereocenters. The minimum Gasteiger partial charge on any atom is -0.378 e. The Morgan fingerprint density at radius 3 is 2.53 bits per heavy atom. The standard InChI is InChI=1S/C12H14N2O3/c1-9(15)11-3-2-10(8-13-11)12(16)14-4-6-17-7-5-14/h2-3,8H,4-7H2,1H3. The Kier molecular flexibility index (Phi) is 3.49. The summed E-state index contributed by atoms with van der Waals surface area (Å²) < 4.78 is 5.18. The number of hydrogen-bond acceptors (Lipinski definition) is 4. The Balaban J connectivity index is 2.10. The van der Waals surface area contributed by atoms with Crippen molar-refractivity contribution in [3.8, 4) is 0 Å². The minimum absolute atomic E-state index is 0.0593. The second-order valence-corrected chi connectivity index (χ2v) is 3.89. The molecule has 90 valence electrons. The molecule has 2 heterocycles. The Morgan fingerprint density at radius 2 is 2.00 bits per heavy atom. The molecule has 17 heavy (non-hydrogen) atoms. The van der Waals surface area contributed by atoms with Crippen molar-refractivity contribution in [1.29, 1.82) is 0 Å². The number of hydrogen-bond donors (Lipinski definition) is 0. The SMILES string of the molecule is CC(=O)c1ccc(C(=O)N2CCOCC2)cn1. The summed E-state index contributed by atoms with van der Waals surface area (Å²) in [6.45, 7) is 3.81. The molecule has 1 aliphatic rings. The van der Waals surface area contributed by atoms with Crippen LogP contribution in [0.2, 0.25) is 0 Å². The predicted molar refractivity (Wildman–Crippen MR) is 61.0 cm³/mol. The third-order valence-corrected chi connectivity index (χ3v) is 2.67. The van der Waals surface area contributed by atoms with E-state index < -0.39 is 0 Å². The highest BCUT2D eigenvalue weighted by Crippen LogP contribution is 2.07. The van der Waals surface area contributed by atoms with Crippen LogP contribution in [-0.4, -0.2) is 47.9 Å². The summed E-state index contributed by atoms with van der Waals surface area (Å²) in [4.78, 5) is 28.8. The second kappa shape index (κ2) is 5.05. The van der Waals surface area contributed by atoms with Crippen LogP contribution in [0.15, 0.2) is 18.3 Å². The zero-order valence-electron chi connectivity index (χ0n) is 9.68. The number of rotatable bonds is 2. The zero-order valence-corrected chi connectivity index (χ0v) is 9.68.